The van der Waals surface area contributed by atoms with Gasteiger partial charge in [0.15, 0.2) is 0 Å². The van der Waals surface area contributed by atoms with Gasteiger partial charge in [-0.15, -0.1) is 0 Å². The average molecular weight is 328 g/mol. The number of likely N-dealkylation sites (tertiary alicyclic amines) is 1. The molecule has 0 bridgehead atoms. The van der Waals surface area contributed by atoms with Crippen molar-refractivity contribution in [2.45, 2.75) is 31.2 Å². The van der Waals surface area contributed by atoms with Gasteiger partial charge in [-0.2, -0.15) is 5.10 Å². The Kier molecular flexibility index (Phi) is 4.06. The zero-order chi connectivity index (χ0) is 16.5. The Morgan fingerprint density at radius 2 is 2.04 bits per heavy atom. The molecule has 5 nitrogen and oxygen atoms in total. The van der Waals surface area contributed by atoms with Crippen LogP contribution in [0.4, 0.5) is 10.1 Å². The summed E-state index contributed by atoms with van der Waals surface area (Å²) in [5, 5.41) is 7.09. The van der Waals surface area contributed by atoms with Gasteiger partial charge < -0.3 is 4.90 Å². The number of piperidine rings is 1. The molecule has 1 N–H and O–H groups in total. The molecule has 0 saturated carbocycles. The minimum absolute atomic E-state index is 0.0189. The maximum absolute atomic E-state index is 14.0. The molecule has 126 valence electrons. The highest BCUT2D eigenvalue weighted by Gasteiger charge is 2.39. The molecule has 2 saturated heterocycles. The maximum atomic E-state index is 14.0. The topological polar surface area (TPSA) is 52.2 Å². The van der Waals surface area contributed by atoms with Gasteiger partial charge in [0.25, 0.3) is 0 Å². The molecule has 1 aromatic heterocycles. The summed E-state index contributed by atoms with van der Waals surface area (Å²) in [5.74, 6) is 0.0717. The van der Waals surface area contributed by atoms with Gasteiger partial charge in [0.2, 0.25) is 5.91 Å². The maximum Gasteiger partial charge on any atom is 0.244 e. The minimum atomic E-state index is -0.333. The van der Waals surface area contributed by atoms with E-state index in [0.29, 0.717) is 18.2 Å². The third-order valence-electron chi connectivity index (χ3n) is 5.18. The van der Waals surface area contributed by atoms with Crippen molar-refractivity contribution in [1.82, 2.24) is 15.1 Å². The first-order chi connectivity index (χ1) is 11.7. The number of carbonyl (C=O) groups excluding carboxylic acids is 1. The van der Waals surface area contributed by atoms with E-state index in [-0.39, 0.29) is 17.8 Å². The normalized spacial score (nSPS) is 25.4. The summed E-state index contributed by atoms with van der Waals surface area (Å²) in [7, 11) is 0. The smallest absolute Gasteiger partial charge is 0.244 e. The molecule has 0 unspecified atom stereocenters. The molecule has 2 aliphatic rings. The number of H-pyrrole nitrogens is 1. The standard InChI is InChI=1S/C18H21FN4O/c19-14-5-1-2-6-16(14)23-11-8-17(18(23)24)22-10-3-4-13(12-22)15-7-9-20-21-15/h1-2,5-7,9,13,17H,3-4,8,10-12H2,(H,20,21)/t13-,17-/m0/s1. The SMILES string of the molecule is O=C1[C@@H](N2CCC[C@H](c3ccn[nH]3)C2)CCN1c1ccccc1F. The van der Waals surface area contributed by atoms with Crippen LogP contribution in [0.2, 0.25) is 0 Å². The summed E-state index contributed by atoms with van der Waals surface area (Å²) in [4.78, 5) is 16.7. The number of halogens is 1. The summed E-state index contributed by atoms with van der Waals surface area (Å²) in [6.07, 6.45) is 4.70. The number of para-hydroxylation sites is 1. The first-order valence-corrected chi connectivity index (χ1v) is 8.53. The first-order valence-electron chi connectivity index (χ1n) is 8.53. The van der Waals surface area contributed by atoms with Crippen LogP contribution in [-0.2, 0) is 4.79 Å². The van der Waals surface area contributed by atoms with Gasteiger partial charge in [0.05, 0.1) is 11.7 Å². The largest absolute Gasteiger partial charge is 0.308 e. The van der Waals surface area contributed by atoms with E-state index in [1.165, 1.54) is 6.07 Å². The number of hydrogen-bond acceptors (Lipinski definition) is 3. The molecular weight excluding hydrogens is 307 g/mol. The molecular formula is C18H21FN4O. The summed E-state index contributed by atoms with van der Waals surface area (Å²) in [6.45, 7) is 2.35. The van der Waals surface area contributed by atoms with Gasteiger partial charge in [0, 0.05) is 30.9 Å². The lowest BCUT2D eigenvalue weighted by Crippen LogP contribution is -2.46. The fourth-order valence-electron chi connectivity index (χ4n) is 3.95. The van der Waals surface area contributed by atoms with Gasteiger partial charge in [-0.25, -0.2) is 4.39 Å². The van der Waals surface area contributed by atoms with Crippen molar-refractivity contribution in [2.24, 2.45) is 0 Å². The number of nitrogens with one attached hydrogen (secondary N) is 1. The van der Waals surface area contributed by atoms with Crippen molar-refractivity contribution >= 4 is 11.6 Å². The number of aromatic nitrogens is 2. The molecule has 0 radical (unpaired) electrons. The number of aromatic amines is 1. The van der Waals surface area contributed by atoms with E-state index in [1.807, 2.05) is 6.07 Å². The quantitative estimate of drug-likeness (QED) is 0.942. The Labute approximate surface area is 140 Å². The lowest BCUT2D eigenvalue weighted by atomic mass is 9.93. The highest BCUT2D eigenvalue weighted by Crippen LogP contribution is 2.31. The summed E-state index contributed by atoms with van der Waals surface area (Å²) < 4.78 is 14.0. The Hall–Kier alpha value is -2.21. The van der Waals surface area contributed by atoms with E-state index in [9.17, 15) is 9.18 Å². The van der Waals surface area contributed by atoms with Crippen molar-refractivity contribution in [3.05, 3.63) is 48.0 Å². The van der Waals surface area contributed by atoms with Gasteiger partial charge in [0.1, 0.15) is 5.82 Å². The predicted octanol–water partition coefficient (Wildman–Crippen LogP) is 2.53. The average Bonchev–Trinajstić information content (AvgIpc) is 3.26. The zero-order valence-corrected chi connectivity index (χ0v) is 13.5. The molecule has 24 heavy (non-hydrogen) atoms. The van der Waals surface area contributed by atoms with Crippen LogP contribution in [0.3, 0.4) is 0 Å². The molecule has 1 aromatic carbocycles. The molecule has 1 amide bonds. The van der Waals surface area contributed by atoms with Gasteiger partial charge in [-0.05, 0) is 44.0 Å². The summed E-state index contributed by atoms with van der Waals surface area (Å²) in [6, 6.07) is 8.38. The van der Waals surface area contributed by atoms with E-state index in [2.05, 4.69) is 15.1 Å². The molecule has 3 heterocycles. The second-order valence-corrected chi connectivity index (χ2v) is 6.59. The first kappa shape index (κ1) is 15.3. The molecule has 2 atom stereocenters. The number of rotatable bonds is 3. The monoisotopic (exact) mass is 328 g/mol. The van der Waals surface area contributed by atoms with Crippen molar-refractivity contribution < 1.29 is 9.18 Å². The van der Waals surface area contributed by atoms with Crippen molar-refractivity contribution in [1.29, 1.82) is 0 Å². The van der Waals surface area contributed by atoms with Gasteiger partial charge >= 0.3 is 0 Å². The van der Waals surface area contributed by atoms with Crippen LogP contribution in [-0.4, -0.2) is 46.7 Å². The highest BCUT2D eigenvalue weighted by atomic mass is 19.1. The van der Waals surface area contributed by atoms with E-state index >= 15 is 0 Å². The van der Waals surface area contributed by atoms with Crippen LogP contribution in [0.25, 0.3) is 0 Å². The van der Waals surface area contributed by atoms with E-state index in [4.69, 9.17) is 0 Å². The van der Waals surface area contributed by atoms with Crippen LogP contribution in [0.5, 0.6) is 0 Å². The lowest BCUT2D eigenvalue weighted by molar-refractivity contribution is -0.122. The molecule has 2 fully saturated rings. The van der Waals surface area contributed by atoms with Gasteiger partial charge in [-0.3, -0.25) is 14.8 Å². The van der Waals surface area contributed by atoms with Crippen LogP contribution < -0.4 is 4.90 Å². The molecule has 4 rings (SSSR count). The Morgan fingerprint density at radius 1 is 1.17 bits per heavy atom. The molecule has 2 aliphatic heterocycles. The molecule has 0 aliphatic carbocycles. The third-order valence-corrected chi connectivity index (χ3v) is 5.18. The van der Waals surface area contributed by atoms with Crippen molar-refractivity contribution in [2.75, 3.05) is 24.5 Å². The fraction of sp³-hybridized carbons (Fsp3) is 0.444. The number of amides is 1. The number of carbonyl (C=O) groups is 1. The lowest BCUT2D eigenvalue weighted by Gasteiger charge is -2.35. The minimum Gasteiger partial charge on any atom is -0.308 e. The van der Waals surface area contributed by atoms with Crippen LogP contribution in [0.1, 0.15) is 30.9 Å². The number of nitrogens with zero attached hydrogens (tertiary/aromatic N) is 3. The van der Waals surface area contributed by atoms with E-state index in [0.717, 1.165) is 38.0 Å². The van der Waals surface area contributed by atoms with Crippen LogP contribution in [0.15, 0.2) is 36.5 Å². The van der Waals surface area contributed by atoms with Crippen molar-refractivity contribution in [3.63, 3.8) is 0 Å². The molecule has 2 aromatic rings. The van der Waals surface area contributed by atoms with Crippen LogP contribution in [0, 0.1) is 5.82 Å². The highest BCUT2D eigenvalue weighted by molar-refractivity contribution is 5.99. The van der Waals surface area contributed by atoms with E-state index in [1.54, 1.807) is 29.3 Å². The Morgan fingerprint density at radius 3 is 2.83 bits per heavy atom. The fourth-order valence-corrected chi connectivity index (χ4v) is 3.95. The number of hydrogen-bond donors (Lipinski definition) is 1. The molecule has 6 heteroatoms. The summed E-state index contributed by atoms with van der Waals surface area (Å²) >= 11 is 0. The zero-order valence-electron chi connectivity index (χ0n) is 13.5. The number of anilines is 1. The molecule has 0 spiro atoms. The summed E-state index contributed by atoms with van der Waals surface area (Å²) in [5.41, 5.74) is 1.53. The van der Waals surface area contributed by atoms with Crippen LogP contribution >= 0.6 is 0 Å². The third kappa shape index (κ3) is 2.71. The Balaban J connectivity index is 1.49. The van der Waals surface area contributed by atoms with Gasteiger partial charge in [-0.1, -0.05) is 12.1 Å². The van der Waals surface area contributed by atoms with E-state index < -0.39 is 0 Å². The predicted molar refractivity (Wildman–Crippen MR) is 89.3 cm³/mol. The Bertz CT molecular complexity index is 718. The second kappa shape index (κ2) is 6.36. The second-order valence-electron chi connectivity index (χ2n) is 6.59. The number of benzene rings is 1. The van der Waals surface area contributed by atoms with Crippen molar-refractivity contribution in [3.8, 4) is 0 Å².